The summed E-state index contributed by atoms with van der Waals surface area (Å²) < 4.78 is 31.7. The molecule has 1 aliphatic carbocycles. The highest BCUT2D eigenvalue weighted by Crippen LogP contribution is 2.32. The molecule has 0 spiro atoms. The smallest absolute Gasteiger partial charge is 0.126 e. The van der Waals surface area contributed by atoms with E-state index in [1.807, 2.05) is 18.2 Å². The van der Waals surface area contributed by atoms with E-state index in [1.165, 1.54) is 17.7 Å². The molecule has 0 bridgehead atoms. The van der Waals surface area contributed by atoms with Crippen LogP contribution in [0.2, 0.25) is 0 Å². The molecule has 1 aliphatic rings. The van der Waals surface area contributed by atoms with Crippen LogP contribution in [-0.2, 0) is 13.0 Å². The van der Waals surface area contributed by atoms with Crippen molar-refractivity contribution in [2.75, 3.05) is 0 Å². The summed E-state index contributed by atoms with van der Waals surface area (Å²) in [5, 5.41) is 0. The van der Waals surface area contributed by atoms with Crippen LogP contribution in [0.15, 0.2) is 36.4 Å². The van der Waals surface area contributed by atoms with Crippen molar-refractivity contribution in [1.82, 2.24) is 0 Å². The fourth-order valence-electron chi connectivity index (χ4n) is 2.58. The third-order valence-corrected chi connectivity index (χ3v) is 3.57. The van der Waals surface area contributed by atoms with Gasteiger partial charge in [-0.1, -0.05) is 6.07 Å². The molecule has 0 amide bonds. The number of halogens is 2. The molecular weight excluding hydrogens is 260 g/mol. The summed E-state index contributed by atoms with van der Waals surface area (Å²) in [4.78, 5) is 0. The maximum absolute atomic E-state index is 13.1. The summed E-state index contributed by atoms with van der Waals surface area (Å²) in [7, 11) is 0. The number of fused-ring (bicyclic) bond motifs is 1. The first-order valence-corrected chi connectivity index (χ1v) is 6.58. The molecule has 0 aliphatic heterocycles. The lowest BCUT2D eigenvalue weighted by Crippen LogP contribution is -2.05. The highest BCUT2D eigenvalue weighted by molar-refractivity contribution is 5.40. The average Bonchev–Trinajstić information content (AvgIpc) is 2.77. The highest BCUT2D eigenvalue weighted by atomic mass is 19.1. The van der Waals surface area contributed by atoms with Crippen molar-refractivity contribution < 1.29 is 13.5 Å². The van der Waals surface area contributed by atoms with Crippen LogP contribution in [0.5, 0.6) is 5.75 Å². The molecule has 4 heteroatoms. The Kier molecular flexibility index (Phi) is 3.40. The predicted octanol–water partition coefficient (Wildman–Crippen LogP) is 3.49. The Morgan fingerprint density at radius 1 is 1.10 bits per heavy atom. The Bertz CT molecular complexity index is 622. The molecule has 0 saturated heterocycles. The van der Waals surface area contributed by atoms with Crippen molar-refractivity contribution in [3.05, 3.63) is 64.7 Å². The van der Waals surface area contributed by atoms with Crippen molar-refractivity contribution in [2.45, 2.75) is 25.5 Å². The average molecular weight is 275 g/mol. The van der Waals surface area contributed by atoms with Gasteiger partial charge in [0.1, 0.15) is 24.0 Å². The van der Waals surface area contributed by atoms with Crippen LogP contribution in [0.1, 0.15) is 29.2 Å². The number of rotatable bonds is 3. The molecule has 0 fully saturated rings. The van der Waals surface area contributed by atoms with Gasteiger partial charge in [0.15, 0.2) is 0 Å². The van der Waals surface area contributed by atoms with E-state index in [1.54, 1.807) is 0 Å². The number of benzene rings is 2. The van der Waals surface area contributed by atoms with E-state index >= 15 is 0 Å². The summed E-state index contributed by atoms with van der Waals surface area (Å²) in [6, 6.07) is 9.27. The molecule has 2 N–H and O–H groups in total. The van der Waals surface area contributed by atoms with E-state index in [0.717, 1.165) is 24.5 Å². The lowest BCUT2D eigenvalue weighted by Gasteiger charge is -2.09. The molecule has 0 radical (unpaired) electrons. The van der Waals surface area contributed by atoms with E-state index < -0.39 is 11.6 Å². The van der Waals surface area contributed by atoms with Gasteiger partial charge in [0.2, 0.25) is 0 Å². The van der Waals surface area contributed by atoms with E-state index in [-0.39, 0.29) is 12.6 Å². The minimum absolute atomic E-state index is 0.108. The van der Waals surface area contributed by atoms with Gasteiger partial charge in [-0.25, -0.2) is 8.78 Å². The lowest BCUT2D eigenvalue weighted by molar-refractivity contribution is 0.304. The SMILES string of the molecule is NC1CCc2cc(OCc3cc(F)cc(F)c3)ccc21. The Balaban J connectivity index is 1.72. The second kappa shape index (κ2) is 5.21. The minimum Gasteiger partial charge on any atom is -0.489 e. The maximum atomic E-state index is 13.1. The lowest BCUT2D eigenvalue weighted by atomic mass is 10.1. The third-order valence-electron chi connectivity index (χ3n) is 3.57. The Hall–Kier alpha value is -1.94. The van der Waals surface area contributed by atoms with Crippen LogP contribution in [0, 0.1) is 11.6 Å². The summed E-state index contributed by atoms with van der Waals surface area (Å²) in [5.74, 6) is -0.491. The van der Waals surface area contributed by atoms with E-state index in [4.69, 9.17) is 10.5 Å². The number of aryl methyl sites for hydroxylation is 1. The zero-order valence-electron chi connectivity index (χ0n) is 10.9. The Morgan fingerprint density at radius 2 is 1.85 bits per heavy atom. The van der Waals surface area contributed by atoms with Crippen molar-refractivity contribution in [1.29, 1.82) is 0 Å². The maximum Gasteiger partial charge on any atom is 0.126 e. The van der Waals surface area contributed by atoms with Gasteiger partial charge >= 0.3 is 0 Å². The van der Waals surface area contributed by atoms with Gasteiger partial charge < -0.3 is 10.5 Å². The molecule has 1 unspecified atom stereocenters. The van der Waals surface area contributed by atoms with E-state index in [0.29, 0.717) is 11.3 Å². The molecule has 0 heterocycles. The Labute approximate surface area is 116 Å². The van der Waals surface area contributed by atoms with E-state index in [9.17, 15) is 8.78 Å². The first kappa shape index (κ1) is 13.1. The molecule has 104 valence electrons. The topological polar surface area (TPSA) is 35.2 Å². The van der Waals surface area contributed by atoms with Crippen molar-refractivity contribution in [3.63, 3.8) is 0 Å². The number of hydrogen-bond donors (Lipinski definition) is 1. The quantitative estimate of drug-likeness (QED) is 0.930. The molecule has 2 aromatic carbocycles. The molecule has 2 nitrogen and oxygen atoms in total. The zero-order chi connectivity index (χ0) is 14.1. The van der Waals surface area contributed by atoms with E-state index in [2.05, 4.69) is 0 Å². The molecular formula is C16H15F2NO. The predicted molar refractivity (Wildman–Crippen MR) is 72.4 cm³/mol. The van der Waals surface area contributed by atoms with Gasteiger partial charge in [0, 0.05) is 12.1 Å². The third kappa shape index (κ3) is 2.65. The van der Waals surface area contributed by atoms with Crippen molar-refractivity contribution in [3.8, 4) is 5.75 Å². The summed E-state index contributed by atoms with van der Waals surface area (Å²) in [6.45, 7) is 0.138. The van der Waals surface area contributed by atoms with Crippen LogP contribution < -0.4 is 10.5 Å². The van der Waals surface area contributed by atoms with Crippen LogP contribution in [0.3, 0.4) is 0 Å². The van der Waals surface area contributed by atoms with Crippen molar-refractivity contribution in [2.24, 2.45) is 5.73 Å². The molecule has 0 aromatic heterocycles. The van der Waals surface area contributed by atoms with Crippen LogP contribution in [0.25, 0.3) is 0 Å². The molecule has 20 heavy (non-hydrogen) atoms. The summed E-state index contributed by atoms with van der Waals surface area (Å²) >= 11 is 0. The van der Waals surface area contributed by atoms with Gasteiger partial charge in [0.05, 0.1) is 0 Å². The van der Waals surface area contributed by atoms with Gasteiger partial charge in [-0.05, 0) is 53.8 Å². The number of ether oxygens (including phenoxy) is 1. The second-order valence-electron chi connectivity index (χ2n) is 5.07. The number of hydrogen-bond acceptors (Lipinski definition) is 2. The number of nitrogens with two attached hydrogens (primary N) is 1. The summed E-state index contributed by atoms with van der Waals surface area (Å²) in [5.41, 5.74) is 8.80. The molecule has 0 saturated carbocycles. The normalized spacial score (nSPS) is 17.1. The van der Waals surface area contributed by atoms with Gasteiger partial charge in [0.25, 0.3) is 0 Å². The van der Waals surface area contributed by atoms with Crippen LogP contribution in [0.4, 0.5) is 8.78 Å². The van der Waals surface area contributed by atoms with Crippen LogP contribution in [-0.4, -0.2) is 0 Å². The summed E-state index contributed by atoms with van der Waals surface area (Å²) in [6.07, 6.45) is 1.90. The first-order valence-electron chi connectivity index (χ1n) is 6.58. The largest absolute Gasteiger partial charge is 0.489 e. The van der Waals surface area contributed by atoms with Gasteiger partial charge in [-0.3, -0.25) is 0 Å². The highest BCUT2D eigenvalue weighted by Gasteiger charge is 2.19. The van der Waals surface area contributed by atoms with Gasteiger partial charge in [-0.2, -0.15) is 0 Å². The fraction of sp³-hybridized carbons (Fsp3) is 0.250. The molecule has 2 aromatic rings. The standard InChI is InChI=1S/C16H15F2NO/c17-12-5-10(6-13(18)8-12)9-20-14-2-3-15-11(7-14)1-4-16(15)19/h2-3,5-8,16H,1,4,9,19H2. The molecule has 3 rings (SSSR count). The first-order chi connectivity index (χ1) is 9.61. The van der Waals surface area contributed by atoms with Crippen LogP contribution >= 0.6 is 0 Å². The molecule has 1 atom stereocenters. The van der Waals surface area contributed by atoms with Crippen molar-refractivity contribution >= 4 is 0 Å². The zero-order valence-corrected chi connectivity index (χ0v) is 10.9. The Morgan fingerprint density at radius 3 is 2.60 bits per heavy atom. The fourth-order valence-corrected chi connectivity index (χ4v) is 2.58. The van der Waals surface area contributed by atoms with Gasteiger partial charge in [-0.15, -0.1) is 0 Å². The monoisotopic (exact) mass is 275 g/mol. The minimum atomic E-state index is -0.594. The second-order valence-corrected chi connectivity index (χ2v) is 5.07.